The summed E-state index contributed by atoms with van der Waals surface area (Å²) >= 11 is 5.96. The Kier molecular flexibility index (Phi) is 7.36. The lowest BCUT2D eigenvalue weighted by Gasteiger charge is -2.38. The molecular formula is C24H27ClF2N2O3S. The van der Waals surface area contributed by atoms with Crippen LogP contribution in [0.2, 0.25) is 5.02 Å². The second-order valence-corrected chi connectivity index (χ2v) is 11.0. The molecule has 1 aromatic carbocycles. The molecule has 1 fully saturated rings. The Labute approximate surface area is 198 Å². The van der Waals surface area contributed by atoms with E-state index in [9.17, 15) is 17.2 Å². The number of benzene rings is 1. The van der Waals surface area contributed by atoms with Crippen LogP contribution in [-0.2, 0) is 14.8 Å². The predicted octanol–water partition coefficient (Wildman–Crippen LogP) is 5.60. The summed E-state index contributed by atoms with van der Waals surface area (Å²) in [7, 11) is -3.89. The normalized spacial score (nSPS) is 26.2. The van der Waals surface area contributed by atoms with Gasteiger partial charge in [0.2, 0.25) is 15.9 Å². The van der Waals surface area contributed by atoms with Crippen molar-refractivity contribution in [1.82, 2.24) is 4.31 Å². The Morgan fingerprint density at radius 2 is 1.91 bits per heavy atom. The first kappa shape index (κ1) is 24.1. The molecule has 0 spiro atoms. The molecule has 178 valence electrons. The van der Waals surface area contributed by atoms with Gasteiger partial charge in [0, 0.05) is 23.5 Å². The molecule has 1 heterocycles. The maximum absolute atomic E-state index is 14.7. The van der Waals surface area contributed by atoms with Gasteiger partial charge in [0.15, 0.2) is 11.7 Å². The summed E-state index contributed by atoms with van der Waals surface area (Å²) in [6.07, 6.45) is 7.79. The predicted molar refractivity (Wildman–Crippen MR) is 125 cm³/mol. The van der Waals surface area contributed by atoms with E-state index in [2.05, 4.69) is 4.99 Å². The van der Waals surface area contributed by atoms with E-state index in [1.807, 2.05) is 6.92 Å². The molecule has 4 rings (SSSR count). The molecule has 1 aromatic rings. The molecule has 0 amide bonds. The van der Waals surface area contributed by atoms with E-state index >= 15 is 0 Å². The van der Waals surface area contributed by atoms with Crippen molar-refractivity contribution < 1.29 is 21.9 Å². The highest BCUT2D eigenvalue weighted by molar-refractivity contribution is 7.89. The molecule has 1 aliphatic heterocycles. The monoisotopic (exact) mass is 496 g/mol. The van der Waals surface area contributed by atoms with E-state index < -0.39 is 27.6 Å². The fraction of sp³-hybridized carbons (Fsp3) is 0.458. The second-order valence-electron chi connectivity index (χ2n) is 8.66. The van der Waals surface area contributed by atoms with Gasteiger partial charge in [-0.25, -0.2) is 22.2 Å². The molecule has 9 heteroatoms. The van der Waals surface area contributed by atoms with Crippen molar-refractivity contribution in [2.24, 2.45) is 16.8 Å². The Bertz CT molecular complexity index is 1110. The minimum Gasteiger partial charge on any atom is -0.475 e. The van der Waals surface area contributed by atoms with E-state index in [4.69, 9.17) is 16.3 Å². The first-order valence-corrected chi connectivity index (χ1v) is 13.0. The van der Waals surface area contributed by atoms with Crippen molar-refractivity contribution in [2.75, 3.05) is 19.7 Å². The van der Waals surface area contributed by atoms with Crippen LogP contribution < -0.4 is 0 Å². The zero-order valence-corrected chi connectivity index (χ0v) is 20.0. The Morgan fingerprint density at radius 1 is 1.18 bits per heavy atom. The van der Waals surface area contributed by atoms with Gasteiger partial charge in [0.25, 0.3) is 0 Å². The highest BCUT2D eigenvalue weighted by atomic mass is 35.5. The lowest BCUT2D eigenvalue weighted by Crippen LogP contribution is -2.47. The SMILES string of the molecule is CC1CCCCC1N(CC1C=CC(C2=NCCO2)=C(F)C(F)=C1)S(=O)(=O)c1ccc(Cl)cc1. The minimum atomic E-state index is -3.89. The maximum Gasteiger partial charge on any atom is 0.243 e. The number of allylic oxidation sites excluding steroid dienone is 2. The highest BCUT2D eigenvalue weighted by Gasteiger charge is 2.37. The van der Waals surface area contributed by atoms with Gasteiger partial charge < -0.3 is 4.74 Å². The summed E-state index contributed by atoms with van der Waals surface area (Å²) in [6.45, 7) is 2.75. The first-order chi connectivity index (χ1) is 15.8. The third-order valence-electron chi connectivity index (χ3n) is 6.38. The number of halogens is 3. The van der Waals surface area contributed by atoms with Crippen LogP contribution in [0.25, 0.3) is 0 Å². The topological polar surface area (TPSA) is 59.0 Å². The molecule has 0 N–H and O–H groups in total. The molecule has 0 saturated heterocycles. The van der Waals surface area contributed by atoms with Crippen LogP contribution in [0.1, 0.15) is 32.6 Å². The Hall–Kier alpha value is -2.03. The summed E-state index contributed by atoms with van der Waals surface area (Å²) in [5.74, 6) is -2.53. The third-order valence-corrected chi connectivity index (χ3v) is 8.54. The number of hydrogen-bond donors (Lipinski definition) is 0. The number of ether oxygens (including phenoxy) is 1. The quantitative estimate of drug-likeness (QED) is 0.515. The molecule has 2 aliphatic carbocycles. The van der Waals surface area contributed by atoms with Gasteiger partial charge in [0.1, 0.15) is 6.61 Å². The molecule has 0 bridgehead atoms. The number of rotatable bonds is 6. The van der Waals surface area contributed by atoms with Gasteiger partial charge in [-0.1, -0.05) is 37.4 Å². The van der Waals surface area contributed by atoms with E-state index in [1.165, 1.54) is 34.6 Å². The number of nitrogens with zero attached hydrogens (tertiary/aromatic N) is 2. The van der Waals surface area contributed by atoms with E-state index in [-0.39, 0.29) is 34.9 Å². The molecule has 5 nitrogen and oxygen atoms in total. The Balaban J connectivity index is 1.67. The lowest BCUT2D eigenvalue weighted by molar-refractivity contribution is 0.184. The van der Waals surface area contributed by atoms with Crippen LogP contribution in [0, 0.1) is 11.8 Å². The lowest BCUT2D eigenvalue weighted by atomic mass is 9.85. The van der Waals surface area contributed by atoms with Gasteiger partial charge in [-0.3, -0.25) is 0 Å². The van der Waals surface area contributed by atoms with Crippen molar-refractivity contribution in [1.29, 1.82) is 0 Å². The fourth-order valence-electron chi connectivity index (χ4n) is 4.60. The molecular weight excluding hydrogens is 470 g/mol. The third kappa shape index (κ3) is 5.23. The number of aliphatic imine (C=N–C) groups is 1. The summed E-state index contributed by atoms with van der Waals surface area (Å²) < 4.78 is 63.6. The summed E-state index contributed by atoms with van der Waals surface area (Å²) in [6, 6.07) is 5.80. The smallest absolute Gasteiger partial charge is 0.243 e. The van der Waals surface area contributed by atoms with Gasteiger partial charge in [-0.05, 0) is 55.2 Å². The van der Waals surface area contributed by atoms with Gasteiger partial charge >= 0.3 is 0 Å². The van der Waals surface area contributed by atoms with E-state index in [0.717, 1.165) is 31.8 Å². The summed E-state index contributed by atoms with van der Waals surface area (Å²) in [5, 5.41) is 0.439. The van der Waals surface area contributed by atoms with Crippen molar-refractivity contribution in [3.8, 4) is 0 Å². The zero-order chi connectivity index (χ0) is 23.6. The van der Waals surface area contributed by atoms with Crippen LogP contribution in [-0.4, -0.2) is 44.4 Å². The van der Waals surface area contributed by atoms with Gasteiger partial charge in [0.05, 0.1) is 17.0 Å². The summed E-state index contributed by atoms with van der Waals surface area (Å²) in [5.41, 5.74) is -0.0538. The van der Waals surface area contributed by atoms with Crippen molar-refractivity contribution >= 4 is 27.5 Å². The molecule has 33 heavy (non-hydrogen) atoms. The molecule has 1 saturated carbocycles. The number of sulfonamides is 1. The largest absolute Gasteiger partial charge is 0.475 e. The van der Waals surface area contributed by atoms with Crippen LogP contribution in [0.15, 0.2) is 69.6 Å². The molecule has 3 aliphatic rings. The average molecular weight is 497 g/mol. The van der Waals surface area contributed by atoms with E-state index in [1.54, 1.807) is 6.08 Å². The average Bonchev–Trinajstić information content (AvgIpc) is 3.28. The van der Waals surface area contributed by atoms with Crippen molar-refractivity contribution in [3.05, 3.63) is 64.7 Å². The number of hydrogen-bond acceptors (Lipinski definition) is 4. The molecule has 3 unspecified atom stereocenters. The van der Waals surface area contributed by atoms with Crippen LogP contribution >= 0.6 is 11.6 Å². The van der Waals surface area contributed by atoms with Crippen molar-refractivity contribution in [2.45, 2.75) is 43.5 Å². The zero-order valence-electron chi connectivity index (χ0n) is 18.4. The molecule has 0 radical (unpaired) electrons. The fourth-order valence-corrected chi connectivity index (χ4v) is 6.52. The van der Waals surface area contributed by atoms with Gasteiger partial charge in [-0.2, -0.15) is 4.31 Å². The van der Waals surface area contributed by atoms with Gasteiger partial charge in [-0.15, -0.1) is 0 Å². The standard InChI is InChI=1S/C24H27ClF2N2O3S/c1-16-4-2-3-5-22(16)29(33(30,31)19-9-7-18(25)8-10-19)15-17-6-11-20(23(27)21(26)14-17)24-28-12-13-32-24/h6-11,14,16-17,22H,2-5,12-13,15H2,1H3. The van der Waals surface area contributed by atoms with Crippen LogP contribution in [0.4, 0.5) is 8.78 Å². The van der Waals surface area contributed by atoms with E-state index in [0.29, 0.717) is 18.2 Å². The van der Waals surface area contributed by atoms with Crippen molar-refractivity contribution in [3.63, 3.8) is 0 Å². The van der Waals surface area contributed by atoms with Crippen LogP contribution in [0.5, 0.6) is 0 Å². The minimum absolute atomic E-state index is 0.00220. The summed E-state index contributed by atoms with van der Waals surface area (Å²) in [4.78, 5) is 4.21. The maximum atomic E-state index is 14.7. The van der Waals surface area contributed by atoms with Crippen LogP contribution in [0.3, 0.4) is 0 Å². The highest BCUT2D eigenvalue weighted by Crippen LogP contribution is 2.34. The molecule has 3 atom stereocenters. The first-order valence-electron chi connectivity index (χ1n) is 11.2. The Morgan fingerprint density at radius 3 is 2.58 bits per heavy atom. The second kappa shape index (κ2) is 10.1. The molecule has 0 aromatic heterocycles.